The van der Waals surface area contributed by atoms with Gasteiger partial charge in [-0.25, -0.2) is 0 Å². The largest absolute Gasteiger partial charge is 0.357 e. The summed E-state index contributed by atoms with van der Waals surface area (Å²) in [5.74, 6) is 0.200. The van der Waals surface area contributed by atoms with Crippen LogP contribution in [0.5, 0.6) is 0 Å². The molecule has 0 saturated carbocycles. The Labute approximate surface area is 108 Å². The van der Waals surface area contributed by atoms with Gasteiger partial charge in [0.15, 0.2) is 0 Å². The summed E-state index contributed by atoms with van der Waals surface area (Å²) in [6.45, 7) is 2.49. The minimum atomic E-state index is -0.252. The summed E-state index contributed by atoms with van der Waals surface area (Å²) in [6.07, 6.45) is 4.84. The third kappa shape index (κ3) is 2.83. The lowest BCUT2D eigenvalue weighted by Crippen LogP contribution is -2.54. The highest BCUT2D eigenvalue weighted by Crippen LogP contribution is 2.22. The molecule has 0 radical (unpaired) electrons. The van der Waals surface area contributed by atoms with Crippen molar-refractivity contribution in [2.24, 2.45) is 5.92 Å². The Morgan fingerprint density at radius 2 is 2.06 bits per heavy atom. The highest BCUT2D eigenvalue weighted by Gasteiger charge is 2.35. The highest BCUT2D eigenvalue weighted by molar-refractivity contribution is 5.88. The molecule has 5 heteroatoms. The Morgan fingerprint density at radius 3 is 2.72 bits per heavy atom. The number of likely N-dealkylation sites (tertiary alicyclic amines) is 1. The monoisotopic (exact) mass is 253 g/mol. The lowest BCUT2D eigenvalue weighted by atomic mass is 9.94. The molecule has 18 heavy (non-hydrogen) atoms. The molecule has 2 heterocycles. The van der Waals surface area contributed by atoms with Crippen molar-refractivity contribution in [3.05, 3.63) is 0 Å². The van der Waals surface area contributed by atoms with Crippen LogP contribution in [0, 0.1) is 5.92 Å². The van der Waals surface area contributed by atoms with Crippen molar-refractivity contribution in [1.82, 2.24) is 15.5 Å². The molecule has 2 N–H and O–H groups in total. The highest BCUT2D eigenvalue weighted by atomic mass is 16.2. The van der Waals surface area contributed by atoms with Crippen LogP contribution >= 0.6 is 0 Å². The third-order valence-electron chi connectivity index (χ3n) is 3.98. The number of rotatable bonds is 2. The second kappa shape index (κ2) is 6.18. The number of carbonyl (C=O) groups excluding carboxylic acids is 2. The van der Waals surface area contributed by atoms with Crippen LogP contribution in [-0.2, 0) is 9.59 Å². The fourth-order valence-corrected chi connectivity index (χ4v) is 2.93. The Kier molecular flexibility index (Phi) is 4.58. The van der Waals surface area contributed by atoms with Crippen LogP contribution in [0.3, 0.4) is 0 Å². The summed E-state index contributed by atoms with van der Waals surface area (Å²) in [7, 11) is 1.64. The molecule has 2 aliphatic rings. The Bertz CT molecular complexity index is 313. The summed E-state index contributed by atoms with van der Waals surface area (Å²) in [5.41, 5.74) is 0. The van der Waals surface area contributed by atoms with Gasteiger partial charge in [-0.2, -0.15) is 0 Å². The first-order valence-corrected chi connectivity index (χ1v) is 6.97. The molecule has 1 unspecified atom stereocenters. The molecule has 0 spiro atoms. The van der Waals surface area contributed by atoms with Gasteiger partial charge < -0.3 is 15.5 Å². The number of piperidine rings is 2. The zero-order chi connectivity index (χ0) is 13.0. The van der Waals surface area contributed by atoms with E-state index < -0.39 is 0 Å². The molecule has 0 aromatic rings. The van der Waals surface area contributed by atoms with Gasteiger partial charge in [-0.3, -0.25) is 9.59 Å². The van der Waals surface area contributed by atoms with Gasteiger partial charge in [0, 0.05) is 20.1 Å². The topological polar surface area (TPSA) is 61.4 Å². The molecule has 2 rings (SSSR count). The van der Waals surface area contributed by atoms with E-state index in [9.17, 15) is 9.59 Å². The standard InChI is InChI=1S/C13H23N3O2/c1-14-12(17)11-6-2-3-8-16(11)13(18)10-5-4-7-15-9-10/h10-11,15H,2-9H2,1H3,(H,14,17)/t10-,11?/m0/s1. The van der Waals surface area contributed by atoms with Gasteiger partial charge in [-0.15, -0.1) is 0 Å². The van der Waals surface area contributed by atoms with Gasteiger partial charge in [0.2, 0.25) is 11.8 Å². The molecule has 102 valence electrons. The SMILES string of the molecule is CNC(=O)C1CCCCN1C(=O)[C@H]1CCCNC1. The molecular weight excluding hydrogens is 230 g/mol. The molecule has 2 fully saturated rings. The van der Waals surface area contributed by atoms with Crippen LogP contribution in [-0.4, -0.2) is 49.4 Å². The zero-order valence-corrected chi connectivity index (χ0v) is 11.1. The van der Waals surface area contributed by atoms with Crippen LogP contribution < -0.4 is 10.6 Å². The van der Waals surface area contributed by atoms with E-state index in [1.165, 1.54) is 0 Å². The average molecular weight is 253 g/mol. The quantitative estimate of drug-likeness (QED) is 0.734. The molecule has 2 saturated heterocycles. The van der Waals surface area contributed by atoms with Crippen LogP contribution in [0.2, 0.25) is 0 Å². The summed E-state index contributed by atoms with van der Waals surface area (Å²) >= 11 is 0. The van der Waals surface area contributed by atoms with Crippen molar-refractivity contribution in [2.45, 2.75) is 38.1 Å². The molecule has 5 nitrogen and oxygen atoms in total. The smallest absolute Gasteiger partial charge is 0.242 e. The van der Waals surface area contributed by atoms with E-state index in [1.807, 2.05) is 0 Å². The summed E-state index contributed by atoms with van der Waals surface area (Å²) in [4.78, 5) is 26.1. The average Bonchev–Trinajstić information content (AvgIpc) is 2.46. The maximum Gasteiger partial charge on any atom is 0.242 e. The van der Waals surface area contributed by atoms with Gasteiger partial charge in [-0.1, -0.05) is 0 Å². The molecule has 0 bridgehead atoms. The lowest BCUT2D eigenvalue weighted by molar-refractivity contribution is -0.145. The first-order valence-electron chi connectivity index (χ1n) is 6.97. The van der Waals surface area contributed by atoms with Crippen molar-refractivity contribution in [3.63, 3.8) is 0 Å². The fourth-order valence-electron chi connectivity index (χ4n) is 2.93. The van der Waals surface area contributed by atoms with Gasteiger partial charge in [-0.05, 0) is 38.6 Å². The second-order valence-electron chi connectivity index (χ2n) is 5.20. The lowest BCUT2D eigenvalue weighted by Gasteiger charge is -2.37. The number of nitrogens with one attached hydrogen (secondary N) is 2. The van der Waals surface area contributed by atoms with Crippen LogP contribution in [0.4, 0.5) is 0 Å². The van der Waals surface area contributed by atoms with Crippen molar-refractivity contribution >= 4 is 11.8 Å². The molecule has 0 aromatic carbocycles. The minimum Gasteiger partial charge on any atom is -0.357 e. The Morgan fingerprint density at radius 1 is 1.22 bits per heavy atom. The van der Waals surface area contributed by atoms with E-state index in [1.54, 1.807) is 11.9 Å². The molecule has 2 amide bonds. The van der Waals surface area contributed by atoms with E-state index in [4.69, 9.17) is 0 Å². The first kappa shape index (κ1) is 13.3. The normalized spacial score (nSPS) is 28.8. The van der Waals surface area contributed by atoms with Crippen molar-refractivity contribution < 1.29 is 9.59 Å². The van der Waals surface area contributed by atoms with Gasteiger partial charge >= 0.3 is 0 Å². The van der Waals surface area contributed by atoms with E-state index in [0.29, 0.717) is 0 Å². The number of hydrogen-bond acceptors (Lipinski definition) is 3. The predicted molar refractivity (Wildman–Crippen MR) is 69.0 cm³/mol. The zero-order valence-electron chi connectivity index (χ0n) is 11.1. The van der Waals surface area contributed by atoms with E-state index in [0.717, 1.165) is 51.7 Å². The Balaban J connectivity index is 2.03. The predicted octanol–water partition coefficient (Wildman–Crippen LogP) is 0.113. The minimum absolute atomic E-state index is 0.0215. The van der Waals surface area contributed by atoms with Crippen LogP contribution in [0.25, 0.3) is 0 Å². The number of nitrogens with zero attached hydrogens (tertiary/aromatic N) is 1. The van der Waals surface area contributed by atoms with Gasteiger partial charge in [0.05, 0.1) is 5.92 Å². The number of amides is 2. The van der Waals surface area contributed by atoms with Crippen molar-refractivity contribution in [1.29, 1.82) is 0 Å². The molecular formula is C13H23N3O2. The molecule has 2 atom stereocenters. The van der Waals surface area contributed by atoms with E-state index in [2.05, 4.69) is 10.6 Å². The van der Waals surface area contributed by atoms with Gasteiger partial charge in [0.25, 0.3) is 0 Å². The summed E-state index contributed by atoms with van der Waals surface area (Å²) in [5, 5.41) is 5.94. The summed E-state index contributed by atoms with van der Waals surface area (Å²) < 4.78 is 0. The van der Waals surface area contributed by atoms with E-state index in [-0.39, 0.29) is 23.8 Å². The van der Waals surface area contributed by atoms with Crippen LogP contribution in [0.15, 0.2) is 0 Å². The fraction of sp³-hybridized carbons (Fsp3) is 0.846. The molecule has 2 aliphatic heterocycles. The van der Waals surface area contributed by atoms with Gasteiger partial charge in [0.1, 0.15) is 6.04 Å². The number of likely N-dealkylation sites (N-methyl/N-ethyl adjacent to an activating group) is 1. The maximum absolute atomic E-state index is 12.5. The van der Waals surface area contributed by atoms with Crippen LogP contribution in [0.1, 0.15) is 32.1 Å². The summed E-state index contributed by atoms with van der Waals surface area (Å²) in [6, 6.07) is -0.252. The Hall–Kier alpha value is -1.10. The number of hydrogen-bond donors (Lipinski definition) is 2. The second-order valence-corrected chi connectivity index (χ2v) is 5.20. The van der Waals surface area contributed by atoms with E-state index >= 15 is 0 Å². The van der Waals surface area contributed by atoms with Crippen molar-refractivity contribution in [2.75, 3.05) is 26.7 Å². The number of carbonyl (C=O) groups is 2. The first-order chi connectivity index (χ1) is 8.74. The van der Waals surface area contributed by atoms with Crippen molar-refractivity contribution in [3.8, 4) is 0 Å². The third-order valence-corrected chi connectivity index (χ3v) is 3.98. The maximum atomic E-state index is 12.5. The molecule has 0 aliphatic carbocycles. The molecule has 0 aromatic heterocycles.